The monoisotopic (exact) mass is 383 g/mol. The minimum atomic E-state index is -0.824. The van der Waals surface area contributed by atoms with Gasteiger partial charge in [0.1, 0.15) is 11.5 Å². The Hall–Kier alpha value is -3.55. The number of hydrogen-bond donors (Lipinski definition) is 2. The summed E-state index contributed by atoms with van der Waals surface area (Å²) in [5.41, 5.74) is 1.47. The Morgan fingerprint density at radius 2 is 1.68 bits per heavy atom. The molecule has 8 nitrogen and oxygen atoms in total. The Balaban J connectivity index is 1.69. The number of benzene rings is 2. The molecule has 2 aromatic carbocycles. The van der Waals surface area contributed by atoms with Crippen molar-refractivity contribution in [3.05, 3.63) is 42.5 Å². The van der Waals surface area contributed by atoms with E-state index in [4.69, 9.17) is 9.47 Å². The van der Waals surface area contributed by atoms with E-state index >= 15 is 0 Å². The summed E-state index contributed by atoms with van der Waals surface area (Å²) in [6.45, 7) is 0.629. The van der Waals surface area contributed by atoms with Crippen LogP contribution in [0.25, 0.3) is 0 Å². The van der Waals surface area contributed by atoms with E-state index in [-0.39, 0.29) is 5.91 Å². The molecule has 2 N–H and O–H groups in total. The second kappa shape index (κ2) is 8.43. The lowest BCUT2D eigenvalue weighted by molar-refractivity contribution is -0.133. The second-order valence-corrected chi connectivity index (χ2v) is 6.18. The van der Waals surface area contributed by atoms with Gasteiger partial charge in [-0.3, -0.25) is 14.4 Å². The standard InChI is InChI=1S/C20H21N3O5/c1-27-15-6-3-5-13(11-15)21-19(25)20(26)22-14-8-9-16(17(12-14)28-2)23-10-4-7-18(23)24/h3,5-6,8-9,11-12H,4,7,10H2,1-2H3,(H,21,25)(H,22,26). The van der Waals surface area contributed by atoms with Crippen LogP contribution in [0.2, 0.25) is 0 Å². The molecule has 3 amide bonds. The van der Waals surface area contributed by atoms with Crippen LogP contribution in [0.15, 0.2) is 42.5 Å². The van der Waals surface area contributed by atoms with E-state index in [0.717, 1.165) is 6.42 Å². The number of carbonyl (C=O) groups excluding carboxylic acids is 3. The van der Waals surface area contributed by atoms with E-state index in [1.165, 1.54) is 14.2 Å². The van der Waals surface area contributed by atoms with Crippen molar-refractivity contribution in [3.63, 3.8) is 0 Å². The van der Waals surface area contributed by atoms with E-state index in [0.29, 0.717) is 41.5 Å². The lowest BCUT2D eigenvalue weighted by atomic mass is 10.2. The molecule has 0 spiro atoms. The normalized spacial score (nSPS) is 13.2. The lowest BCUT2D eigenvalue weighted by Gasteiger charge is -2.19. The maximum absolute atomic E-state index is 12.2. The van der Waals surface area contributed by atoms with Crippen LogP contribution in [0.5, 0.6) is 11.5 Å². The van der Waals surface area contributed by atoms with Crippen molar-refractivity contribution >= 4 is 34.8 Å². The first-order chi connectivity index (χ1) is 13.5. The third kappa shape index (κ3) is 4.22. The zero-order chi connectivity index (χ0) is 20.1. The van der Waals surface area contributed by atoms with Crippen LogP contribution in [0.3, 0.4) is 0 Å². The summed E-state index contributed by atoms with van der Waals surface area (Å²) in [6.07, 6.45) is 1.30. The van der Waals surface area contributed by atoms with Crippen LogP contribution in [0.4, 0.5) is 17.1 Å². The molecule has 1 heterocycles. The zero-order valence-electron chi connectivity index (χ0n) is 15.7. The first-order valence-electron chi connectivity index (χ1n) is 8.76. The molecule has 0 atom stereocenters. The minimum absolute atomic E-state index is 0.0350. The number of anilines is 3. The lowest BCUT2D eigenvalue weighted by Crippen LogP contribution is -2.29. The van der Waals surface area contributed by atoms with Crippen LogP contribution < -0.4 is 25.0 Å². The number of carbonyl (C=O) groups is 3. The van der Waals surface area contributed by atoms with Crippen molar-refractivity contribution in [3.8, 4) is 11.5 Å². The van der Waals surface area contributed by atoms with Gasteiger partial charge in [0.15, 0.2) is 0 Å². The van der Waals surface area contributed by atoms with Gasteiger partial charge in [-0.1, -0.05) is 6.07 Å². The highest BCUT2D eigenvalue weighted by molar-refractivity contribution is 6.43. The van der Waals surface area contributed by atoms with E-state index < -0.39 is 11.8 Å². The zero-order valence-corrected chi connectivity index (χ0v) is 15.7. The SMILES string of the molecule is COc1cccc(NC(=O)C(=O)Nc2ccc(N3CCCC3=O)c(OC)c2)c1. The third-order valence-corrected chi connectivity index (χ3v) is 4.34. The van der Waals surface area contributed by atoms with Crippen molar-refractivity contribution in [2.24, 2.45) is 0 Å². The number of hydrogen-bond acceptors (Lipinski definition) is 5. The number of nitrogens with zero attached hydrogens (tertiary/aromatic N) is 1. The first-order valence-corrected chi connectivity index (χ1v) is 8.76. The highest BCUT2D eigenvalue weighted by Gasteiger charge is 2.25. The Bertz CT molecular complexity index is 912. The molecule has 2 aromatic rings. The van der Waals surface area contributed by atoms with Crippen LogP contribution in [0, 0.1) is 0 Å². The van der Waals surface area contributed by atoms with Gasteiger partial charge in [0.05, 0.1) is 19.9 Å². The third-order valence-electron chi connectivity index (χ3n) is 4.34. The summed E-state index contributed by atoms with van der Waals surface area (Å²) in [7, 11) is 3.00. The fourth-order valence-corrected chi connectivity index (χ4v) is 2.96. The molecule has 0 aliphatic carbocycles. The van der Waals surface area contributed by atoms with Crippen molar-refractivity contribution in [1.29, 1.82) is 0 Å². The van der Waals surface area contributed by atoms with Crippen molar-refractivity contribution < 1.29 is 23.9 Å². The smallest absolute Gasteiger partial charge is 0.314 e. The van der Waals surface area contributed by atoms with Crippen molar-refractivity contribution in [1.82, 2.24) is 0 Å². The van der Waals surface area contributed by atoms with Gasteiger partial charge in [0, 0.05) is 36.5 Å². The number of methoxy groups -OCH3 is 2. The fraction of sp³-hybridized carbons (Fsp3) is 0.250. The average molecular weight is 383 g/mol. The molecule has 0 aromatic heterocycles. The van der Waals surface area contributed by atoms with Gasteiger partial charge in [-0.15, -0.1) is 0 Å². The van der Waals surface area contributed by atoms with Crippen LogP contribution in [-0.4, -0.2) is 38.5 Å². The number of nitrogens with one attached hydrogen (secondary N) is 2. The van der Waals surface area contributed by atoms with E-state index in [9.17, 15) is 14.4 Å². The summed E-state index contributed by atoms with van der Waals surface area (Å²) in [5, 5.41) is 5.04. The topological polar surface area (TPSA) is 97.0 Å². The van der Waals surface area contributed by atoms with Crippen LogP contribution in [0.1, 0.15) is 12.8 Å². The van der Waals surface area contributed by atoms with Gasteiger partial charge in [-0.05, 0) is 30.7 Å². The Kier molecular flexibility index (Phi) is 5.78. The first kappa shape index (κ1) is 19.2. The number of ether oxygens (including phenoxy) is 2. The Morgan fingerprint density at radius 3 is 2.29 bits per heavy atom. The molecule has 0 saturated carbocycles. The predicted octanol–water partition coefficient (Wildman–Crippen LogP) is 2.41. The molecule has 0 unspecified atom stereocenters. The highest BCUT2D eigenvalue weighted by Crippen LogP contribution is 2.33. The molecule has 0 radical (unpaired) electrons. The molecule has 1 aliphatic heterocycles. The molecule has 28 heavy (non-hydrogen) atoms. The van der Waals surface area contributed by atoms with E-state index in [1.807, 2.05) is 0 Å². The fourth-order valence-electron chi connectivity index (χ4n) is 2.96. The molecule has 0 bridgehead atoms. The summed E-state index contributed by atoms with van der Waals surface area (Å²) >= 11 is 0. The van der Waals surface area contributed by atoms with E-state index in [1.54, 1.807) is 47.4 Å². The molecule has 1 fully saturated rings. The molecule has 146 valence electrons. The number of amides is 3. The maximum Gasteiger partial charge on any atom is 0.314 e. The van der Waals surface area contributed by atoms with Gasteiger partial charge < -0.3 is 25.0 Å². The largest absolute Gasteiger partial charge is 0.497 e. The van der Waals surface area contributed by atoms with E-state index in [2.05, 4.69) is 10.6 Å². The van der Waals surface area contributed by atoms with Crippen LogP contribution in [-0.2, 0) is 14.4 Å². The summed E-state index contributed by atoms with van der Waals surface area (Å²) in [6, 6.07) is 11.6. The molecule has 1 saturated heterocycles. The maximum atomic E-state index is 12.2. The average Bonchev–Trinajstić information content (AvgIpc) is 3.13. The Labute approximate surface area is 162 Å². The predicted molar refractivity (Wildman–Crippen MR) is 105 cm³/mol. The van der Waals surface area contributed by atoms with Crippen molar-refractivity contribution in [2.45, 2.75) is 12.8 Å². The highest BCUT2D eigenvalue weighted by atomic mass is 16.5. The molecular weight excluding hydrogens is 362 g/mol. The molecular formula is C20H21N3O5. The van der Waals surface area contributed by atoms with Gasteiger partial charge >= 0.3 is 11.8 Å². The second-order valence-electron chi connectivity index (χ2n) is 6.18. The van der Waals surface area contributed by atoms with Crippen molar-refractivity contribution in [2.75, 3.05) is 36.3 Å². The number of rotatable bonds is 5. The summed E-state index contributed by atoms with van der Waals surface area (Å²) < 4.78 is 10.4. The molecule has 3 rings (SSSR count). The summed E-state index contributed by atoms with van der Waals surface area (Å²) in [4.78, 5) is 38.0. The van der Waals surface area contributed by atoms with Gasteiger partial charge in [0.25, 0.3) is 0 Å². The molecule has 8 heteroatoms. The Morgan fingerprint density at radius 1 is 0.964 bits per heavy atom. The molecule has 1 aliphatic rings. The quantitative estimate of drug-likeness (QED) is 0.773. The van der Waals surface area contributed by atoms with Gasteiger partial charge in [-0.25, -0.2) is 0 Å². The minimum Gasteiger partial charge on any atom is -0.497 e. The summed E-state index contributed by atoms with van der Waals surface area (Å²) in [5.74, 6) is -0.593. The van der Waals surface area contributed by atoms with Crippen LogP contribution >= 0.6 is 0 Å². The van der Waals surface area contributed by atoms with Gasteiger partial charge in [0.2, 0.25) is 5.91 Å². The van der Waals surface area contributed by atoms with Gasteiger partial charge in [-0.2, -0.15) is 0 Å².